The number of nitrogens with one attached hydrogen (secondary N) is 1. The van der Waals surface area contributed by atoms with Crippen LogP contribution in [0.4, 0.5) is 5.69 Å². The Kier molecular flexibility index (Phi) is 5.49. The molecular weight excluding hydrogens is 208 g/mol. The van der Waals surface area contributed by atoms with Crippen LogP contribution in [0.3, 0.4) is 0 Å². The van der Waals surface area contributed by atoms with Gasteiger partial charge in [0.15, 0.2) is 0 Å². The Labute approximate surface area is 94.2 Å². The molecule has 0 bridgehead atoms. The Morgan fingerprint density at radius 3 is 2.88 bits per heavy atom. The molecule has 0 aliphatic rings. The molecule has 1 rings (SSSR count). The zero-order valence-corrected chi connectivity index (χ0v) is 8.98. The summed E-state index contributed by atoms with van der Waals surface area (Å²) in [6.07, 6.45) is 0. The first-order chi connectivity index (χ1) is 7.77. The van der Waals surface area contributed by atoms with Crippen molar-refractivity contribution in [2.45, 2.75) is 6.61 Å². The summed E-state index contributed by atoms with van der Waals surface area (Å²) < 4.78 is 4.99. The second-order valence-electron chi connectivity index (χ2n) is 3.20. The van der Waals surface area contributed by atoms with Crippen LogP contribution < -0.4 is 11.1 Å². The highest BCUT2D eigenvalue weighted by molar-refractivity contribution is 5.92. The van der Waals surface area contributed by atoms with Gasteiger partial charge in [-0.3, -0.25) is 4.79 Å². The maximum Gasteiger partial charge on any atom is 0.250 e. The third-order valence-corrected chi connectivity index (χ3v) is 1.96. The van der Waals surface area contributed by atoms with Gasteiger partial charge in [0.25, 0.3) is 0 Å². The van der Waals surface area contributed by atoms with Crippen molar-refractivity contribution in [1.82, 2.24) is 0 Å². The average molecular weight is 224 g/mol. The number of aliphatic hydroxyl groups is 1. The van der Waals surface area contributed by atoms with Crippen LogP contribution in [-0.4, -0.2) is 30.8 Å². The first-order valence-corrected chi connectivity index (χ1v) is 5.04. The van der Waals surface area contributed by atoms with Gasteiger partial charge in [-0.1, -0.05) is 18.2 Å². The van der Waals surface area contributed by atoms with Crippen molar-refractivity contribution in [3.05, 3.63) is 29.8 Å². The summed E-state index contributed by atoms with van der Waals surface area (Å²) in [5.74, 6) is -0.255. The van der Waals surface area contributed by atoms with Gasteiger partial charge in [0.05, 0.1) is 13.2 Å². The molecule has 0 unspecified atom stereocenters. The van der Waals surface area contributed by atoms with E-state index in [1.165, 1.54) is 0 Å². The number of carbonyl (C=O) groups is 1. The first-order valence-electron chi connectivity index (χ1n) is 5.04. The number of nitrogens with two attached hydrogens (primary N) is 1. The number of para-hydroxylation sites is 1. The van der Waals surface area contributed by atoms with E-state index >= 15 is 0 Å². The highest BCUT2D eigenvalue weighted by atomic mass is 16.5. The van der Waals surface area contributed by atoms with Gasteiger partial charge < -0.3 is 20.9 Å². The quantitative estimate of drug-likeness (QED) is 0.598. The second-order valence-corrected chi connectivity index (χ2v) is 3.20. The fraction of sp³-hybridized carbons (Fsp3) is 0.364. The van der Waals surface area contributed by atoms with E-state index in [9.17, 15) is 4.79 Å². The number of ether oxygens (including phenoxy) is 1. The minimum atomic E-state index is -0.255. The minimum Gasteiger partial charge on any atom is -0.392 e. The SMILES string of the molecule is NCCOCC(=O)Nc1ccccc1CO. The maximum atomic E-state index is 11.4. The van der Waals surface area contributed by atoms with Crippen molar-refractivity contribution >= 4 is 11.6 Å². The van der Waals surface area contributed by atoms with E-state index in [4.69, 9.17) is 15.6 Å². The van der Waals surface area contributed by atoms with Gasteiger partial charge in [-0.15, -0.1) is 0 Å². The van der Waals surface area contributed by atoms with Gasteiger partial charge in [0.2, 0.25) is 5.91 Å². The molecule has 1 amide bonds. The molecule has 16 heavy (non-hydrogen) atoms. The smallest absolute Gasteiger partial charge is 0.250 e. The Morgan fingerprint density at radius 2 is 2.19 bits per heavy atom. The number of hydrogen-bond donors (Lipinski definition) is 3. The molecule has 0 aliphatic carbocycles. The number of anilines is 1. The predicted octanol–water partition coefficient (Wildman–Crippen LogP) is 0.0927. The number of rotatable bonds is 6. The summed E-state index contributed by atoms with van der Waals surface area (Å²) in [5, 5.41) is 11.7. The monoisotopic (exact) mass is 224 g/mol. The van der Waals surface area contributed by atoms with Crippen molar-refractivity contribution < 1.29 is 14.6 Å². The lowest BCUT2D eigenvalue weighted by Crippen LogP contribution is -2.21. The molecule has 0 aromatic heterocycles. The second kappa shape index (κ2) is 6.95. The molecule has 5 heteroatoms. The molecule has 1 aromatic carbocycles. The Hall–Kier alpha value is -1.43. The van der Waals surface area contributed by atoms with Crippen molar-refractivity contribution in [3.8, 4) is 0 Å². The van der Waals surface area contributed by atoms with E-state index in [1.54, 1.807) is 24.3 Å². The van der Waals surface area contributed by atoms with Crippen LogP contribution in [-0.2, 0) is 16.1 Å². The van der Waals surface area contributed by atoms with Crippen molar-refractivity contribution in [1.29, 1.82) is 0 Å². The molecule has 0 saturated heterocycles. The van der Waals surface area contributed by atoms with Crippen molar-refractivity contribution in [2.24, 2.45) is 5.73 Å². The van der Waals surface area contributed by atoms with Crippen LogP contribution in [0.25, 0.3) is 0 Å². The molecule has 0 heterocycles. The summed E-state index contributed by atoms with van der Waals surface area (Å²) in [6, 6.07) is 7.06. The summed E-state index contributed by atoms with van der Waals surface area (Å²) in [6.45, 7) is 0.604. The van der Waals surface area contributed by atoms with Crippen LogP contribution in [0.5, 0.6) is 0 Å². The zero-order valence-electron chi connectivity index (χ0n) is 8.98. The van der Waals surface area contributed by atoms with Gasteiger partial charge in [-0.2, -0.15) is 0 Å². The van der Waals surface area contributed by atoms with Crippen molar-refractivity contribution in [2.75, 3.05) is 25.1 Å². The number of benzene rings is 1. The third kappa shape index (κ3) is 3.98. The maximum absolute atomic E-state index is 11.4. The van der Waals surface area contributed by atoms with Crippen LogP contribution in [0.15, 0.2) is 24.3 Å². The summed E-state index contributed by atoms with van der Waals surface area (Å²) in [7, 11) is 0. The van der Waals surface area contributed by atoms with E-state index in [0.717, 1.165) is 0 Å². The van der Waals surface area contributed by atoms with Gasteiger partial charge in [0, 0.05) is 17.8 Å². The van der Waals surface area contributed by atoms with E-state index < -0.39 is 0 Å². The number of hydrogen-bond acceptors (Lipinski definition) is 4. The Morgan fingerprint density at radius 1 is 1.44 bits per heavy atom. The molecule has 0 spiro atoms. The number of amides is 1. The van der Waals surface area contributed by atoms with Gasteiger partial charge in [-0.05, 0) is 6.07 Å². The van der Waals surface area contributed by atoms with Gasteiger partial charge in [-0.25, -0.2) is 0 Å². The summed E-state index contributed by atoms with van der Waals surface area (Å²) in [4.78, 5) is 11.4. The zero-order chi connectivity index (χ0) is 11.8. The Bertz CT molecular complexity index is 342. The molecule has 0 fully saturated rings. The van der Waals surface area contributed by atoms with E-state index in [2.05, 4.69) is 5.32 Å². The van der Waals surface area contributed by atoms with Crippen LogP contribution in [0.1, 0.15) is 5.56 Å². The minimum absolute atomic E-state index is 0.0308. The van der Waals surface area contributed by atoms with E-state index in [1.807, 2.05) is 0 Å². The van der Waals surface area contributed by atoms with E-state index in [0.29, 0.717) is 24.4 Å². The fourth-order valence-corrected chi connectivity index (χ4v) is 1.21. The third-order valence-electron chi connectivity index (χ3n) is 1.96. The standard InChI is InChI=1S/C11H16N2O3/c12-5-6-16-8-11(15)13-10-4-2-1-3-9(10)7-14/h1-4,14H,5-8,12H2,(H,13,15). The lowest BCUT2D eigenvalue weighted by atomic mass is 10.2. The van der Waals surface area contributed by atoms with Crippen LogP contribution >= 0.6 is 0 Å². The molecule has 88 valence electrons. The first kappa shape index (κ1) is 12.6. The van der Waals surface area contributed by atoms with E-state index in [-0.39, 0.29) is 19.1 Å². The van der Waals surface area contributed by atoms with Crippen molar-refractivity contribution in [3.63, 3.8) is 0 Å². The normalized spacial score (nSPS) is 10.1. The molecule has 1 aromatic rings. The highest BCUT2D eigenvalue weighted by Crippen LogP contribution is 2.14. The molecular formula is C11H16N2O3. The lowest BCUT2D eigenvalue weighted by Gasteiger charge is -2.09. The average Bonchev–Trinajstić information content (AvgIpc) is 2.30. The lowest BCUT2D eigenvalue weighted by molar-refractivity contribution is -0.120. The van der Waals surface area contributed by atoms with Crippen LogP contribution in [0, 0.1) is 0 Å². The summed E-state index contributed by atoms with van der Waals surface area (Å²) in [5.41, 5.74) is 6.50. The topological polar surface area (TPSA) is 84.6 Å². The molecule has 4 N–H and O–H groups in total. The summed E-state index contributed by atoms with van der Waals surface area (Å²) >= 11 is 0. The highest BCUT2D eigenvalue weighted by Gasteiger charge is 2.05. The van der Waals surface area contributed by atoms with Gasteiger partial charge >= 0.3 is 0 Å². The fourth-order valence-electron chi connectivity index (χ4n) is 1.21. The molecule has 5 nitrogen and oxygen atoms in total. The van der Waals surface area contributed by atoms with Crippen LogP contribution in [0.2, 0.25) is 0 Å². The number of carbonyl (C=O) groups excluding carboxylic acids is 1. The molecule has 0 aliphatic heterocycles. The molecule has 0 radical (unpaired) electrons. The number of aliphatic hydroxyl groups excluding tert-OH is 1. The van der Waals surface area contributed by atoms with Gasteiger partial charge in [0.1, 0.15) is 6.61 Å². The largest absolute Gasteiger partial charge is 0.392 e. The predicted molar refractivity (Wildman–Crippen MR) is 60.9 cm³/mol. The molecule has 0 atom stereocenters. The molecule has 0 saturated carbocycles. The Balaban J connectivity index is 2.49.